The maximum absolute atomic E-state index is 12.0. The highest BCUT2D eigenvalue weighted by molar-refractivity contribution is 5.92. The molecule has 0 bridgehead atoms. The molecule has 1 aromatic carbocycles. The van der Waals surface area contributed by atoms with Crippen molar-refractivity contribution in [2.75, 3.05) is 32.8 Å². The van der Waals surface area contributed by atoms with Gasteiger partial charge in [-0.3, -0.25) is 9.69 Å². The molecule has 1 atom stereocenters. The zero-order valence-corrected chi connectivity index (χ0v) is 13.7. The SMILES string of the molecule is CCNC(=O)[C@H](C)OC(=O)c1ccc(CN2CCOCC2)cc1. The Bertz CT molecular complexity index is 524. The first-order valence-electron chi connectivity index (χ1n) is 7.98. The predicted molar refractivity (Wildman–Crippen MR) is 86.1 cm³/mol. The van der Waals surface area contributed by atoms with Crippen molar-refractivity contribution in [2.24, 2.45) is 0 Å². The summed E-state index contributed by atoms with van der Waals surface area (Å²) in [5, 5.41) is 2.62. The molecule has 0 saturated carbocycles. The van der Waals surface area contributed by atoms with Crippen molar-refractivity contribution in [1.29, 1.82) is 0 Å². The Hall–Kier alpha value is -1.92. The summed E-state index contributed by atoms with van der Waals surface area (Å²) < 4.78 is 10.5. The van der Waals surface area contributed by atoms with Crippen LogP contribution in [0.4, 0.5) is 0 Å². The molecule has 0 radical (unpaired) electrons. The van der Waals surface area contributed by atoms with Crippen LogP contribution in [0.5, 0.6) is 0 Å². The number of amides is 1. The van der Waals surface area contributed by atoms with E-state index < -0.39 is 12.1 Å². The van der Waals surface area contributed by atoms with Crippen molar-refractivity contribution in [3.63, 3.8) is 0 Å². The number of nitrogens with zero attached hydrogens (tertiary/aromatic N) is 1. The van der Waals surface area contributed by atoms with Crippen molar-refractivity contribution >= 4 is 11.9 Å². The molecule has 0 unspecified atom stereocenters. The summed E-state index contributed by atoms with van der Waals surface area (Å²) in [5.74, 6) is -0.772. The van der Waals surface area contributed by atoms with E-state index in [0.717, 1.165) is 38.4 Å². The fourth-order valence-electron chi connectivity index (χ4n) is 2.36. The molecule has 1 aromatic rings. The highest BCUT2D eigenvalue weighted by Gasteiger charge is 2.18. The third-order valence-corrected chi connectivity index (χ3v) is 3.70. The van der Waals surface area contributed by atoms with E-state index in [4.69, 9.17) is 9.47 Å². The topological polar surface area (TPSA) is 67.9 Å². The average molecular weight is 320 g/mol. The van der Waals surface area contributed by atoms with Gasteiger partial charge in [0.1, 0.15) is 0 Å². The molecule has 1 amide bonds. The minimum absolute atomic E-state index is 0.287. The second-order valence-electron chi connectivity index (χ2n) is 5.53. The molecule has 126 valence electrons. The molecule has 1 fully saturated rings. The van der Waals surface area contributed by atoms with Gasteiger partial charge >= 0.3 is 5.97 Å². The van der Waals surface area contributed by atoms with Crippen molar-refractivity contribution in [3.05, 3.63) is 35.4 Å². The summed E-state index contributed by atoms with van der Waals surface area (Å²) in [6.45, 7) is 8.12. The third kappa shape index (κ3) is 5.33. The molecular weight excluding hydrogens is 296 g/mol. The molecule has 1 aliphatic heterocycles. The molecule has 1 N–H and O–H groups in total. The van der Waals surface area contributed by atoms with Gasteiger partial charge in [-0.25, -0.2) is 4.79 Å². The summed E-state index contributed by atoms with van der Waals surface area (Å²) >= 11 is 0. The first-order chi connectivity index (χ1) is 11.1. The first kappa shape index (κ1) is 17.4. The van der Waals surface area contributed by atoms with Crippen LogP contribution < -0.4 is 5.32 Å². The smallest absolute Gasteiger partial charge is 0.338 e. The van der Waals surface area contributed by atoms with Crippen molar-refractivity contribution in [3.8, 4) is 0 Å². The number of carbonyl (C=O) groups is 2. The average Bonchev–Trinajstić information content (AvgIpc) is 2.56. The lowest BCUT2D eigenvalue weighted by atomic mass is 10.1. The van der Waals surface area contributed by atoms with Gasteiger partial charge < -0.3 is 14.8 Å². The molecule has 1 aliphatic rings. The fourth-order valence-corrected chi connectivity index (χ4v) is 2.36. The van der Waals surface area contributed by atoms with E-state index in [1.54, 1.807) is 19.1 Å². The van der Waals surface area contributed by atoms with Crippen LogP contribution in [0.25, 0.3) is 0 Å². The standard InChI is InChI=1S/C17H24N2O4/c1-3-18-16(20)13(2)23-17(21)15-6-4-14(5-7-15)12-19-8-10-22-11-9-19/h4-7,13H,3,8-12H2,1-2H3,(H,18,20)/t13-/m0/s1. The molecule has 0 aliphatic carbocycles. The molecule has 23 heavy (non-hydrogen) atoms. The van der Waals surface area contributed by atoms with Gasteiger partial charge in [-0.2, -0.15) is 0 Å². The van der Waals surface area contributed by atoms with Crippen LogP contribution in [0.3, 0.4) is 0 Å². The van der Waals surface area contributed by atoms with Gasteiger partial charge in [-0.1, -0.05) is 12.1 Å². The lowest BCUT2D eigenvalue weighted by Crippen LogP contribution is -2.35. The Labute approximate surface area is 136 Å². The molecule has 2 rings (SSSR count). The highest BCUT2D eigenvalue weighted by Crippen LogP contribution is 2.11. The quantitative estimate of drug-likeness (QED) is 0.798. The fraction of sp³-hybridized carbons (Fsp3) is 0.529. The number of likely N-dealkylation sites (N-methyl/N-ethyl adjacent to an activating group) is 1. The van der Waals surface area contributed by atoms with E-state index in [-0.39, 0.29) is 5.91 Å². The van der Waals surface area contributed by atoms with Gasteiger partial charge in [0, 0.05) is 26.2 Å². The Balaban J connectivity index is 1.88. The van der Waals surface area contributed by atoms with Gasteiger partial charge in [0.2, 0.25) is 0 Å². The van der Waals surface area contributed by atoms with Crippen LogP contribution in [0.15, 0.2) is 24.3 Å². The molecule has 6 nitrogen and oxygen atoms in total. The molecule has 6 heteroatoms. The van der Waals surface area contributed by atoms with Crippen molar-refractivity contribution in [2.45, 2.75) is 26.5 Å². The Morgan fingerprint density at radius 2 is 1.91 bits per heavy atom. The van der Waals surface area contributed by atoms with Crippen LogP contribution in [0.2, 0.25) is 0 Å². The third-order valence-electron chi connectivity index (χ3n) is 3.70. The second kappa shape index (κ2) is 8.64. The molecule has 0 spiro atoms. The Morgan fingerprint density at radius 1 is 1.26 bits per heavy atom. The maximum Gasteiger partial charge on any atom is 0.338 e. The van der Waals surface area contributed by atoms with Crippen LogP contribution >= 0.6 is 0 Å². The number of ether oxygens (including phenoxy) is 2. The van der Waals surface area contributed by atoms with Gasteiger partial charge in [-0.15, -0.1) is 0 Å². The number of rotatable bonds is 6. The second-order valence-corrected chi connectivity index (χ2v) is 5.53. The van der Waals surface area contributed by atoms with Crippen LogP contribution in [-0.2, 0) is 20.8 Å². The first-order valence-corrected chi connectivity index (χ1v) is 7.98. The summed E-state index contributed by atoms with van der Waals surface area (Å²) in [4.78, 5) is 25.9. The van der Waals surface area contributed by atoms with E-state index in [2.05, 4.69) is 10.2 Å². The Morgan fingerprint density at radius 3 is 2.52 bits per heavy atom. The van der Waals surface area contributed by atoms with E-state index in [0.29, 0.717) is 12.1 Å². The molecular formula is C17H24N2O4. The van der Waals surface area contributed by atoms with Gasteiger partial charge in [-0.05, 0) is 31.5 Å². The zero-order chi connectivity index (χ0) is 16.7. The maximum atomic E-state index is 12.0. The lowest BCUT2D eigenvalue weighted by molar-refractivity contribution is -0.128. The van der Waals surface area contributed by atoms with Gasteiger partial charge in [0.15, 0.2) is 6.10 Å². The van der Waals surface area contributed by atoms with Gasteiger partial charge in [0.05, 0.1) is 18.8 Å². The van der Waals surface area contributed by atoms with Crippen LogP contribution in [0.1, 0.15) is 29.8 Å². The summed E-state index contributed by atoms with van der Waals surface area (Å²) in [5.41, 5.74) is 1.59. The van der Waals surface area contributed by atoms with E-state index in [1.807, 2.05) is 19.1 Å². The molecule has 0 aromatic heterocycles. The number of hydrogen-bond donors (Lipinski definition) is 1. The number of carbonyl (C=O) groups excluding carboxylic acids is 2. The van der Waals surface area contributed by atoms with Crippen LogP contribution in [-0.4, -0.2) is 55.7 Å². The van der Waals surface area contributed by atoms with Crippen LogP contribution in [0, 0.1) is 0 Å². The minimum atomic E-state index is -0.796. The minimum Gasteiger partial charge on any atom is -0.449 e. The Kier molecular flexibility index (Phi) is 6.55. The van der Waals surface area contributed by atoms with E-state index in [1.165, 1.54) is 0 Å². The van der Waals surface area contributed by atoms with Crippen molar-refractivity contribution < 1.29 is 19.1 Å². The number of benzene rings is 1. The number of esters is 1. The van der Waals surface area contributed by atoms with E-state index in [9.17, 15) is 9.59 Å². The molecule has 1 heterocycles. The summed E-state index contributed by atoms with van der Waals surface area (Å²) in [6.07, 6.45) is -0.796. The van der Waals surface area contributed by atoms with Gasteiger partial charge in [0.25, 0.3) is 5.91 Å². The number of nitrogens with one attached hydrogen (secondary N) is 1. The monoisotopic (exact) mass is 320 g/mol. The summed E-state index contributed by atoms with van der Waals surface area (Å²) in [6, 6.07) is 7.32. The predicted octanol–water partition coefficient (Wildman–Crippen LogP) is 1.20. The number of hydrogen-bond acceptors (Lipinski definition) is 5. The summed E-state index contributed by atoms with van der Waals surface area (Å²) in [7, 11) is 0. The zero-order valence-electron chi connectivity index (χ0n) is 13.7. The normalized spacial score (nSPS) is 16.6. The largest absolute Gasteiger partial charge is 0.449 e. The van der Waals surface area contributed by atoms with E-state index >= 15 is 0 Å². The lowest BCUT2D eigenvalue weighted by Gasteiger charge is -2.26. The number of morpholine rings is 1. The molecule has 1 saturated heterocycles. The highest BCUT2D eigenvalue weighted by atomic mass is 16.5. The van der Waals surface area contributed by atoms with Crippen molar-refractivity contribution in [1.82, 2.24) is 10.2 Å².